The monoisotopic (exact) mass is 348 g/mol. The molecule has 0 unspecified atom stereocenters. The van der Waals surface area contributed by atoms with Crippen molar-refractivity contribution in [2.45, 2.75) is 19.4 Å². The number of rotatable bonds is 4. The van der Waals surface area contributed by atoms with Gasteiger partial charge in [-0.1, -0.05) is 23.4 Å². The van der Waals surface area contributed by atoms with Gasteiger partial charge in [0, 0.05) is 35.3 Å². The quantitative estimate of drug-likeness (QED) is 0.558. The molecule has 2 N–H and O–H groups in total. The average molecular weight is 348 g/mol. The normalized spacial score (nSPS) is 14.5. The number of nitrogens with zero attached hydrogens (tertiary/aromatic N) is 4. The minimum absolute atomic E-state index is 0.204. The van der Waals surface area contributed by atoms with E-state index in [0.29, 0.717) is 17.8 Å². The second-order valence-corrected chi connectivity index (χ2v) is 6.14. The lowest BCUT2D eigenvalue weighted by Gasteiger charge is -2.05. The summed E-state index contributed by atoms with van der Waals surface area (Å²) in [4.78, 5) is 15.1. The van der Waals surface area contributed by atoms with E-state index in [1.807, 2.05) is 24.3 Å². The Balaban J connectivity index is 1.83. The van der Waals surface area contributed by atoms with E-state index < -0.39 is 5.97 Å². The van der Waals surface area contributed by atoms with Gasteiger partial charge in [-0.25, -0.2) is 0 Å². The van der Waals surface area contributed by atoms with Gasteiger partial charge in [-0.05, 0) is 36.1 Å². The fraction of sp³-hybridized carbons (Fsp3) is 0.158. The molecule has 26 heavy (non-hydrogen) atoms. The van der Waals surface area contributed by atoms with Crippen LogP contribution in [0.3, 0.4) is 0 Å². The Morgan fingerprint density at radius 1 is 1.12 bits per heavy atom. The second-order valence-electron chi connectivity index (χ2n) is 6.14. The highest BCUT2D eigenvalue weighted by molar-refractivity contribution is 6.04. The minimum Gasteiger partial charge on any atom is -0.480 e. The number of hydrogen-bond donors (Lipinski definition) is 2. The summed E-state index contributed by atoms with van der Waals surface area (Å²) in [6, 6.07) is 9.64. The van der Waals surface area contributed by atoms with Crippen LogP contribution in [0, 0.1) is 0 Å². The van der Waals surface area contributed by atoms with Crippen LogP contribution >= 0.6 is 0 Å². The Hall–Kier alpha value is -3.48. The maximum Gasteiger partial charge on any atom is 0.325 e. The van der Waals surface area contributed by atoms with E-state index in [1.54, 1.807) is 18.6 Å². The third-order valence-electron chi connectivity index (χ3n) is 4.49. The van der Waals surface area contributed by atoms with Gasteiger partial charge < -0.3 is 10.3 Å². The van der Waals surface area contributed by atoms with Crippen LogP contribution < -0.4 is 0 Å². The molecule has 0 amide bonds. The second kappa shape index (κ2) is 6.44. The van der Waals surface area contributed by atoms with Crippen LogP contribution in [-0.2, 0) is 17.8 Å². The molecule has 0 atom stereocenters. The number of pyridine rings is 1. The van der Waals surface area contributed by atoms with Crippen molar-refractivity contribution in [3.63, 3.8) is 0 Å². The maximum atomic E-state index is 11.1. The number of carboxylic acid groups (broad SMARTS) is 1. The van der Waals surface area contributed by atoms with Gasteiger partial charge in [-0.15, -0.1) is 0 Å². The van der Waals surface area contributed by atoms with E-state index in [2.05, 4.69) is 21.3 Å². The number of fused-ring (bicyclic) bond motifs is 1. The van der Waals surface area contributed by atoms with E-state index in [1.165, 1.54) is 4.68 Å². The molecule has 7 heteroatoms. The van der Waals surface area contributed by atoms with E-state index in [9.17, 15) is 4.79 Å². The fourth-order valence-corrected chi connectivity index (χ4v) is 3.32. The van der Waals surface area contributed by atoms with Crippen molar-refractivity contribution in [1.29, 1.82) is 0 Å². The molecule has 0 fully saturated rings. The Labute approximate surface area is 149 Å². The number of aromatic nitrogens is 3. The number of aryl methyl sites for hydroxylation is 1. The molecule has 2 aromatic heterocycles. The molecule has 4 rings (SSSR count). The molecule has 0 aliphatic heterocycles. The van der Waals surface area contributed by atoms with Gasteiger partial charge >= 0.3 is 5.97 Å². The molecular formula is C19H16N4O3. The zero-order chi connectivity index (χ0) is 18.1. The van der Waals surface area contributed by atoms with Gasteiger partial charge in [0.1, 0.15) is 12.2 Å². The molecule has 0 bridgehead atoms. The van der Waals surface area contributed by atoms with Crippen molar-refractivity contribution in [1.82, 2.24) is 14.8 Å². The maximum absolute atomic E-state index is 11.1. The van der Waals surface area contributed by atoms with Gasteiger partial charge in [0.15, 0.2) is 0 Å². The molecule has 1 aromatic carbocycles. The summed E-state index contributed by atoms with van der Waals surface area (Å²) in [5, 5.41) is 26.0. The summed E-state index contributed by atoms with van der Waals surface area (Å²) in [7, 11) is 0. The van der Waals surface area contributed by atoms with Crippen LogP contribution in [0.1, 0.15) is 17.5 Å². The first-order valence-corrected chi connectivity index (χ1v) is 8.20. The molecule has 1 aliphatic rings. The van der Waals surface area contributed by atoms with Gasteiger partial charge in [0.05, 0.1) is 5.71 Å². The lowest BCUT2D eigenvalue weighted by molar-refractivity contribution is -0.137. The summed E-state index contributed by atoms with van der Waals surface area (Å²) in [5.74, 6) is -0.946. The highest BCUT2D eigenvalue weighted by Gasteiger charge is 2.21. The third kappa shape index (κ3) is 2.83. The first kappa shape index (κ1) is 16.0. The van der Waals surface area contributed by atoms with Crippen LogP contribution in [0.2, 0.25) is 0 Å². The summed E-state index contributed by atoms with van der Waals surface area (Å²) in [5.41, 5.74) is 6.16. The highest BCUT2D eigenvalue weighted by Crippen LogP contribution is 2.34. The molecule has 3 aromatic rings. The molecule has 0 saturated heterocycles. The number of hydrogen-bond acceptors (Lipinski definition) is 5. The standard InChI is InChI=1S/C19H16N4O3/c24-18(25)11-23-10-16(19(21-23)12-5-7-20-8-6-12)14-1-3-15-13(9-14)2-4-17(15)22-26/h1,3,5-10,26H,2,4,11H2,(H,24,25). The molecule has 0 spiro atoms. The molecular weight excluding hydrogens is 332 g/mol. The summed E-state index contributed by atoms with van der Waals surface area (Å²) in [6.45, 7) is -0.204. The van der Waals surface area contributed by atoms with Gasteiger partial charge in [-0.2, -0.15) is 5.10 Å². The number of benzene rings is 1. The predicted molar refractivity (Wildman–Crippen MR) is 95.2 cm³/mol. The van der Waals surface area contributed by atoms with Gasteiger partial charge in [0.2, 0.25) is 0 Å². The molecule has 0 radical (unpaired) electrons. The molecule has 1 aliphatic carbocycles. The van der Waals surface area contributed by atoms with E-state index in [4.69, 9.17) is 10.3 Å². The Kier molecular flexibility index (Phi) is 3.96. The number of aliphatic carboxylic acids is 1. The van der Waals surface area contributed by atoms with Crippen LogP contribution in [0.15, 0.2) is 54.1 Å². The van der Waals surface area contributed by atoms with Crippen LogP contribution in [-0.4, -0.2) is 36.8 Å². The summed E-state index contributed by atoms with van der Waals surface area (Å²) >= 11 is 0. The summed E-state index contributed by atoms with van der Waals surface area (Å²) < 4.78 is 1.43. The van der Waals surface area contributed by atoms with Crippen molar-refractivity contribution in [2.75, 3.05) is 0 Å². The molecule has 0 saturated carbocycles. The minimum atomic E-state index is -0.946. The average Bonchev–Trinajstić information content (AvgIpc) is 3.25. The number of oxime groups is 1. The molecule has 7 nitrogen and oxygen atoms in total. The number of carbonyl (C=O) groups is 1. The molecule has 2 heterocycles. The predicted octanol–water partition coefficient (Wildman–Crippen LogP) is 2.82. The Morgan fingerprint density at radius 3 is 2.65 bits per heavy atom. The van der Waals surface area contributed by atoms with E-state index in [-0.39, 0.29) is 6.54 Å². The lowest BCUT2D eigenvalue weighted by Crippen LogP contribution is -2.08. The largest absolute Gasteiger partial charge is 0.480 e. The fourth-order valence-electron chi connectivity index (χ4n) is 3.32. The lowest BCUT2D eigenvalue weighted by atomic mass is 9.98. The topological polar surface area (TPSA) is 101 Å². The van der Waals surface area contributed by atoms with Gasteiger partial charge in [-0.3, -0.25) is 14.5 Å². The van der Waals surface area contributed by atoms with Crippen molar-refractivity contribution < 1.29 is 15.1 Å². The van der Waals surface area contributed by atoms with Crippen molar-refractivity contribution >= 4 is 11.7 Å². The van der Waals surface area contributed by atoms with Crippen LogP contribution in [0.5, 0.6) is 0 Å². The van der Waals surface area contributed by atoms with Crippen LogP contribution in [0.4, 0.5) is 0 Å². The SMILES string of the molecule is O=C(O)Cn1cc(-c2ccc3c(c2)CCC3=NO)c(-c2ccncc2)n1. The Morgan fingerprint density at radius 2 is 1.92 bits per heavy atom. The molecule has 130 valence electrons. The van der Waals surface area contributed by atoms with Gasteiger partial charge in [0.25, 0.3) is 0 Å². The summed E-state index contributed by atoms with van der Waals surface area (Å²) in [6.07, 6.45) is 6.65. The van der Waals surface area contributed by atoms with Crippen molar-refractivity contribution in [3.8, 4) is 22.4 Å². The van der Waals surface area contributed by atoms with E-state index >= 15 is 0 Å². The van der Waals surface area contributed by atoms with Crippen molar-refractivity contribution in [2.24, 2.45) is 5.16 Å². The van der Waals surface area contributed by atoms with Crippen LogP contribution in [0.25, 0.3) is 22.4 Å². The first-order chi connectivity index (χ1) is 12.7. The highest BCUT2D eigenvalue weighted by atomic mass is 16.4. The van der Waals surface area contributed by atoms with E-state index in [0.717, 1.165) is 34.2 Å². The van der Waals surface area contributed by atoms with Crippen molar-refractivity contribution in [3.05, 3.63) is 60.0 Å². The zero-order valence-electron chi connectivity index (χ0n) is 13.8. The first-order valence-electron chi connectivity index (χ1n) is 8.20. The smallest absolute Gasteiger partial charge is 0.325 e. The zero-order valence-corrected chi connectivity index (χ0v) is 13.8. The Bertz CT molecular complexity index is 1010. The number of carboxylic acids is 1. The third-order valence-corrected chi connectivity index (χ3v) is 4.49.